The van der Waals surface area contributed by atoms with Gasteiger partial charge in [0.25, 0.3) is 0 Å². The van der Waals surface area contributed by atoms with Crippen molar-refractivity contribution in [2.24, 2.45) is 0 Å². The molecule has 0 aromatic carbocycles. The third-order valence-electron chi connectivity index (χ3n) is 3.00. The van der Waals surface area contributed by atoms with E-state index in [1.165, 1.54) is 5.06 Å². The molecule has 0 amide bonds. The summed E-state index contributed by atoms with van der Waals surface area (Å²) in [6.45, 7) is 11.2. The Bertz CT molecular complexity index is 290. The summed E-state index contributed by atoms with van der Waals surface area (Å²) < 4.78 is 17.3. The highest BCUT2D eigenvalue weighted by Gasteiger charge is 2.46. The van der Waals surface area contributed by atoms with Crippen LogP contribution in [0.2, 0.25) is 0 Å². The smallest absolute Gasteiger partial charge is 0.197 e. The number of nitrogens with zero attached hydrogens (tertiary/aromatic N) is 1. The molecule has 1 saturated heterocycles. The lowest BCUT2D eigenvalue weighted by molar-refractivity contribution is -0.254. The number of rotatable bonds is 2. The Morgan fingerprint density at radius 3 is 1.88 bits per heavy atom. The average molecular weight is 249 g/mol. The van der Waals surface area contributed by atoms with Crippen LogP contribution in [0.15, 0.2) is 0 Å². The first-order chi connectivity index (χ1) is 6.94. The molecule has 0 radical (unpaired) electrons. The Labute approximate surface area is 98.4 Å². The van der Waals surface area contributed by atoms with Crippen LogP contribution in [0.25, 0.3) is 0 Å². The van der Waals surface area contributed by atoms with Crippen LogP contribution < -0.4 is 0 Å². The van der Waals surface area contributed by atoms with E-state index in [4.69, 9.17) is 4.52 Å². The molecule has 1 heterocycles. The summed E-state index contributed by atoms with van der Waals surface area (Å²) >= 11 is 0. The summed E-state index contributed by atoms with van der Waals surface area (Å²) in [7, 11) is -2.47. The molecule has 4 nitrogen and oxygen atoms in total. The van der Waals surface area contributed by atoms with Gasteiger partial charge in [0.05, 0.1) is 6.10 Å². The molecule has 0 spiro atoms. The van der Waals surface area contributed by atoms with Gasteiger partial charge in [-0.25, -0.2) is 0 Å². The number of hydrogen-bond donors (Lipinski definition) is 1. The second kappa shape index (κ2) is 4.09. The van der Waals surface area contributed by atoms with Crippen molar-refractivity contribution in [3.8, 4) is 0 Å². The van der Waals surface area contributed by atoms with Gasteiger partial charge in [0.2, 0.25) is 0 Å². The van der Waals surface area contributed by atoms with Crippen LogP contribution in [0.4, 0.5) is 0 Å². The molecule has 1 N–H and O–H groups in total. The second-order valence-corrected chi connectivity index (χ2v) is 9.04. The zero-order valence-corrected chi connectivity index (χ0v) is 12.0. The second-order valence-electron chi connectivity index (χ2n) is 6.32. The number of piperidine rings is 1. The first-order valence-electron chi connectivity index (χ1n) is 5.67. The molecule has 0 aromatic heterocycles. The molecule has 0 saturated carbocycles. The Morgan fingerprint density at radius 2 is 1.56 bits per heavy atom. The molecule has 1 aliphatic heterocycles. The Hall–Kier alpha value is 0.110. The summed E-state index contributed by atoms with van der Waals surface area (Å²) in [6.07, 6.45) is 1.34. The average Bonchev–Trinajstić information content (AvgIpc) is 1.95. The highest BCUT2D eigenvalue weighted by Crippen LogP contribution is 2.46. The third kappa shape index (κ3) is 3.30. The first kappa shape index (κ1) is 14.2. The largest absolute Gasteiger partial charge is 0.325 e. The molecule has 0 bridgehead atoms. The van der Waals surface area contributed by atoms with E-state index in [2.05, 4.69) is 0 Å². The fraction of sp³-hybridized carbons (Fsp3) is 1.00. The lowest BCUT2D eigenvalue weighted by Crippen LogP contribution is -2.60. The summed E-state index contributed by atoms with van der Waals surface area (Å²) in [5.74, 6) is 0. The monoisotopic (exact) mass is 249 g/mol. The van der Waals surface area contributed by atoms with Gasteiger partial charge in [-0.15, -0.1) is 0 Å². The highest BCUT2D eigenvalue weighted by molar-refractivity contribution is 7.57. The quantitative estimate of drug-likeness (QED) is 0.764. The molecule has 0 atom stereocenters. The molecular weight excluding hydrogens is 225 g/mol. The van der Waals surface area contributed by atoms with Crippen molar-refractivity contribution in [2.75, 3.05) is 13.3 Å². The zero-order chi connectivity index (χ0) is 12.8. The van der Waals surface area contributed by atoms with Crippen LogP contribution in [-0.2, 0) is 9.09 Å². The van der Waals surface area contributed by atoms with E-state index >= 15 is 0 Å². The van der Waals surface area contributed by atoms with Crippen LogP contribution in [0.5, 0.6) is 0 Å². The minimum absolute atomic E-state index is 0.0470. The molecule has 0 aliphatic carbocycles. The van der Waals surface area contributed by atoms with Crippen molar-refractivity contribution in [3.63, 3.8) is 0 Å². The summed E-state index contributed by atoms with van der Waals surface area (Å²) in [5, 5.41) is 11.5. The van der Waals surface area contributed by atoms with Gasteiger partial charge >= 0.3 is 0 Å². The first-order valence-corrected chi connectivity index (χ1v) is 8.19. The topological polar surface area (TPSA) is 49.8 Å². The van der Waals surface area contributed by atoms with Gasteiger partial charge in [-0.2, -0.15) is 5.06 Å². The van der Waals surface area contributed by atoms with Crippen molar-refractivity contribution >= 4 is 7.37 Å². The SMILES string of the molecule is CC1(C)CC(OP(C)(C)=O)CC(C)(C)N1O. The minimum atomic E-state index is -2.47. The number of hydrogen-bond acceptors (Lipinski definition) is 4. The van der Waals surface area contributed by atoms with E-state index in [0.29, 0.717) is 12.8 Å². The summed E-state index contributed by atoms with van der Waals surface area (Å²) in [6, 6.07) is 0. The van der Waals surface area contributed by atoms with Crippen LogP contribution in [0.1, 0.15) is 40.5 Å². The van der Waals surface area contributed by atoms with Crippen molar-refractivity contribution in [1.29, 1.82) is 0 Å². The van der Waals surface area contributed by atoms with Gasteiger partial charge in [-0.05, 0) is 40.5 Å². The predicted molar refractivity (Wildman–Crippen MR) is 65.3 cm³/mol. The fourth-order valence-corrected chi connectivity index (χ4v) is 3.48. The van der Waals surface area contributed by atoms with Gasteiger partial charge in [0.1, 0.15) is 0 Å². The molecule has 96 valence electrons. The predicted octanol–water partition coefficient (Wildman–Crippen LogP) is 2.95. The molecule has 1 aliphatic rings. The van der Waals surface area contributed by atoms with Gasteiger partial charge in [0.15, 0.2) is 7.37 Å². The van der Waals surface area contributed by atoms with E-state index in [-0.39, 0.29) is 17.2 Å². The van der Waals surface area contributed by atoms with Crippen LogP contribution in [-0.4, -0.2) is 40.8 Å². The Morgan fingerprint density at radius 1 is 1.19 bits per heavy atom. The summed E-state index contributed by atoms with van der Waals surface area (Å²) in [4.78, 5) is 0. The van der Waals surface area contributed by atoms with E-state index in [1.807, 2.05) is 27.7 Å². The Kier molecular flexibility index (Phi) is 3.63. The number of hydroxylamine groups is 2. The highest BCUT2D eigenvalue weighted by atomic mass is 31.2. The molecular formula is C11H24NO3P. The van der Waals surface area contributed by atoms with Gasteiger partial charge in [0, 0.05) is 24.4 Å². The van der Waals surface area contributed by atoms with E-state index in [1.54, 1.807) is 13.3 Å². The van der Waals surface area contributed by atoms with Crippen molar-refractivity contribution < 1.29 is 14.3 Å². The van der Waals surface area contributed by atoms with Crippen LogP contribution in [0, 0.1) is 0 Å². The van der Waals surface area contributed by atoms with E-state index in [9.17, 15) is 9.77 Å². The van der Waals surface area contributed by atoms with Crippen LogP contribution >= 0.6 is 7.37 Å². The van der Waals surface area contributed by atoms with Gasteiger partial charge in [-0.1, -0.05) is 0 Å². The molecule has 0 unspecified atom stereocenters. The van der Waals surface area contributed by atoms with Gasteiger partial charge in [-0.3, -0.25) is 4.57 Å². The molecule has 1 fully saturated rings. The van der Waals surface area contributed by atoms with E-state index < -0.39 is 7.37 Å². The third-order valence-corrected chi connectivity index (χ3v) is 3.81. The Balaban J connectivity index is 2.83. The van der Waals surface area contributed by atoms with Crippen LogP contribution in [0.3, 0.4) is 0 Å². The van der Waals surface area contributed by atoms with Crippen molar-refractivity contribution in [1.82, 2.24) is 5.06 Å². The maximum absolute atomic E-state index is 11.7. The minimum Gasteiger partial charge on any atom is -0.325 e. The summed E-state index contributed by atoms with van der Waals surface area (Å²) in [5.41, 5.74) is -0.691. The maximum atomic E-state index is 11.7. The lowest BCUT2D eigenvalue weighted by atomic mass is 9.80. The van der Waals surface area contributed by atoms with Crippen molar-refractivity contribution in [2.45, 2.75) is 57.7 Å². The molecule has 16 heavy (non-hydrogen) atoms. The fourth-order valence-electron chi connectivity index (χ4n) is 2.61. The van der Waals surface area contributed by atoms with E-state index in [0.717, 1.165) is 0 Å². The normalized spacial score (nSPS) is 26.9. The van der Waals surface area contributed by atoms with Gasteiger partial charge < -0.3 is 9.73 Å². The van der Waals surface area contributed by atoms with Crippen molar-refractivity contribution in [3.05, 3.63) is 0 Å². The molecule has 0 aromatic rings. The molecule has 1 rings (SSSR count). The molecule has 5 heteroatoms. The maximum Gasteiger partial charge on any atom is 0.197 e. The zero-order valence-electron chi connectivity index (χ0n) is 11.1. The standard InChI is InChI=1S/C11H24NO3P/c1-10(2)7-9(15-16(5,6)14)8-11(3,4)12(10)13/h9,13H,7-8H2,1-6H3. The lowest BCUT2D eigenvalue weighted by Gasteiger charge is -2.51.